The number of alkyl halides is 9. The molecule has 298 valence electrons. The van der Waals surface area contributed by atoms with E-state index in [4.69, 9.17) is 23.2 Å². The molecule has 2 fully saturated rings. The number of fused-ring (bicyclic) bond motifs is 1. The number of rotatable bonds is 9. The summed E-state index contributed by atoms with van der Waals surface area (Å²) in [6, 6.07) is 5.78. The Balaban J connectivity index is 1.41. The first-order valence-electron chi connectivity index (χ1n) is 17.0. The maximum atomic E-state index is 13.7. The van der Waals surface area contributed by atoms with Gasteiger partial charge in [0.05, 0.1) is 49.9 Å². The van der Waals surface area contributed by atoms with Crippen molar-refractivity contribution in [2.24, 2.45) is 24.8 Å². The molecule has 0 bridgehead atoms. The molecule has 1 aliphatic heterocycles. The molecule has 0 radical (unpaired) electrons. The molecule has 5 rings (SSSR count). The highest BCUT2D eigenvalue weighted by Crippen LogP contribution is 2.41. The summed E-state index contributed by atoms with van der Waals surface area (Å²) in [7, 11) is 1.60. The van der Waals surface area contributed by atoms with Gasteiger partial charge < -0.3 is 30.5 Å². The third kappa shape index (κ3) is 8.91. The van der Waals surface area contributed by atoms with Crippen molar-refractivity contribution in [1.29, 1.82) is 0 Å². The van der Waals surface area contributed by atoms with E-state index in [0.29, 0.717) is 18.1 Å². The molecule has 9 nitrogen and oxygen atoms in total. The van der Waals surface area contributed by atoms with Crippen LogP contribution in [-0.2, 0) is 18.4 Å². The molecule has 1 aromatic heterocycles. The highest BCUT2D eigenvalue weighted by Gasteiger charge is 2.55. The van der Waals surface area contributed by atoms with Gasteiger partial charge in [0.25, 0.3) is 11.8 Å². The number of aryl methyl sites for hydroxylation is 1. The number of benzene rings is 2. The van der Waals surface area contributed by atoms with Crippen LogP contribution in [0.25, 0.3) is 11.0 Å². The molecule has 1 saturated carbocycles. The molecule has 0 spiro atoms. The maximum absolute atomic E-state index is 13.7. The Labute approximate surface area is 313 Å². The predicted octanol–water partition coefficient (Wildman–Crippen LogP) is 8.43. The third-order valence-electron chi connectivity index (χ3n) is 10.2. The van der Waals surface area contributed by atoms with Gasteiger partial charge in [0, 0.05) is 33.2 Å². The monoisotopic (exact) mass is 818 g/mol. The summed E-state index contributed by atoms with van der Waals surface area (Å²) in [5, 5.41) is 17.4. The lowest BCUT2D eigenvalue weighted by atomic mass is 9.81. The smallest absolute Gasteiger partial charge is 0.373 e. The van der Waals surface area contributed by atoms with Crippen molar-refractivity contribution in [2.45, 2.75) is 76.1 Å². The number of halogens is 11. The number of amides is 2. The van der Waals surface area contributed by atoms with E-state index < -0.39 is 54.3 Å². The second-order valence-corrected chi connectivity index (χ2v) is 14.7. The van der Waals surface area contributed by atoms with E-state index in [-0.39, 0.29) is 102 Å². The Kier molecular flexibility index (Phi) is 11.9. The number of anilines is 3. The van der Waals surface area contributed by atoms with E-state index in [0.717, 1.165) is 0 Å². The minimum atomic E-state index is -5.24. The van der Waals surface area contributed by atoms with Gasteiger partial charge in [-0.1, -0.05) is 29.3 Å². The zero-order chi connectivity index (χ0) is 40.0. The summed E-state index contributed by atoms with van der Waals surface area (Å²) in [6.45, 7) is -0.120. The topological polar surface area (TPSA) is 112 Å². The van der Waals surface area contributed by atoms with Gasteiger partial charge in [-0.2, -0.15) is 39.5 Å². The molecular weight excluding hydrogens is 782 g/mol. The zero-order valence-corrected chi connectivity index (χ0v) is 30.4. The maximum Gasteiger partial charge on any atom is 0.426 e. The largest absolute Gasteiger partial charge is 0.426 e. The lowest BCUT2D eigenvalue weighted by molar-refractivity contribution is -0.245. The van der Waals surface area contributed by atoms with Crippen LogP contribution in [0.3, 0.4) is 0 Å². The average Bonchev–Trinajstić information content (AvgIpc) is 3.40. The van der Waals surface area contributed by atoms with E-state index >= 15 is 0 Å². The number of imidazole rings is 1. The van der Waals surface area contributed by atoms with Crippen molar-refractivity contribution < 1.29 is 54.2 Å². The number of carbonyl (C=O) groups is 2. The summed E-state index contributed by atoms with van der Waals surface area (Å²) in [4.78, 5) is 32.0. The fraction of sp³-hybridized carbons (Fsp3) is 0.559. The SMILES string of the molecule is Cn1c(Nc2c(Cl)ccc(CNC(=O)[C@](C)(O)C(F)(F)F)c2Cl)nc2cc(C(=O)NCC3CCC(C(F)(F)F)CC3)c(N3CCC(C(F)(F)F)CC3)cc21. The zero-order valence-electron chi connectivity index (χ0n) is 28.9. The first kappa shape index (κ1) is 41.5. The van der Waals surface area contributed by atoms with Gasteiger partial charge in [0.2, 0.25) is 11.5 Å². The Morgan fingerprint density at radius 1 is 0.889 bits per heavy atom. The second kappa shape index (κ2) is 15.5. The number of carbonyl (C=O) groups excluding carboxylic acids is 2. The van der Waals surface area contributed by atoms with Gasteiger partial charge >= 0.3 is 18.5 Å². The summed E-state index contributed by atoms with van der Waals surface area (Å²) in [5.41, 5.74) is -2.33. The van der Waals surface area contributed by atoms with Crippen LogP contribution in [0.15, 0.2) is 24.3 Å². The summed E-state index contributed by atoms with van der Waals surface area (Å²) in [6.07, 6.45) is -13.9. The van der Waals surface area contributed by atoms with E-state index in [9.17, 15) is 54.2 Å². The molecule has 2 aliphatic rings. The number of piperidine rings is 1. The van der Waals surface area contributed by atoms with Crippen LogP contribution in [0, 0.1) is 17.8 Å². The van der Waals surface area contributed by atoms with E-state index in [1.807, 2.05) is 5.32 Å². The van der Waals surface area contributed by atoms with Gasteiger partial charge in [0.1, 0.15) is 0 Å². The molecule has 0 unspecified atom stereocenters. The quantitative estimate of drug-likeness (QED) is 0.162. The van der Waals surface area contributed by atoms with Crippen LogP contribution in [0.2, 0.25) is 10.0 Å². The van der Waals surface area contributed by atoms with Gasteiger partial charge in [0.15, 0.2) is 0 Å². The molecule has 1 aliphatic carbocycles. The Bertz CT molecular complexity index is 1860. The minimum Gasteiger partial charge on any atom is -0.373 e. The molecule has 20 heteroatoms. The molecule has 2 heterocycles. The Morgan fingerprint density at radius 2 is 1.48 bits per heavy atom. The van der Waals surface area contributed by atoms with Crippen molar-refractivity contribution >= 4 is 63.4 Å². The van der Waals surface area contributed by atoms with Crippen LogP contribution in [0.5, 0.6) is 0 Å². The third-order valence-corrected chi connectivity index (χ3v) is 11.0. The van der Waals surface area contributed by atoms with Crippen molar-refractivity contribution in [3.8, 4) is 0 Å². The summed E-state index contributed by atoms with van der Waals surface area (Å²) >= 11 is 13.0. The minimum absolute atomic E-state index is 0.00662. The number of nitrogens with one attached hydrogen (secondary N) is 3. The normalized spacial score (nSPS) is 20.1. The first-order valence-corrected chi connectivity index (χ1v) is 17.7. The average molecular weight is 820 g/mol. The summed E-state index contributed by atoms with van der Waals surface area (Å²) < 4.78 is 121. The molecular formula is C34H37Cl2F9N6O3. The lowest BCUT2D eigenvalue weighted by Crippen LogP contribution is -2.54. The highest BCUT2D eigenvalue weighted by atomic mass is 35.5. The summed E-state index contributed by atoms with van der Waals surface area (Å²) in [5.74, 6) is -5.25. The van der Waals surface area contributed by atoms with Gasteiger partial charge in [-0.3, -0.25) is 9.59 Å². The van der Waals surface area contributed by atoms with Gasteiger partial charge in [-0.15, -0.1) is 0 Å². The van der Waals surface area contributed by atoms with Crippen molar-refractivity contribution in [3.05, 3.63) is 45.4 Å². The number of nitrogens with zero attached hydrogens (tertiary/aromatic N) is 3. The van der Waals surface area contributed by atoms with Crippen LogP contribution >= 0.6 is 23.2 Å². The first-order chi connectivity index (χ1) is 25.0. The lowest BCUT2D eigenvalue weighted by Gasteiger charge is -2.35. The van der Waals surface area contributed by atoms with Crippen LogP contribution in [0.4, 0.5) is 56.8 Å². The molecule has 3 aromatic rings. The highest BCUT2D eigenvalue weighted by molar-refractivity contribution is 6.39. The number of aromatic nitrogens is 2. The van der Waals surface area contributed by atoms with E-state index in [2.05, 4.69) is 15.6 Å². The Hall–Kier alpha value is -3.64. The molecule has 54 heavy (non-hydrogen) atoms. The molecule has 1 atom stereocenters. The van der Waals surface area contributed by atoms with E-state index in [1.165, 1.54) is 18.2 Å². The number of hydrogen-bond acceptors (Lipinski definition) is 6. The number of hydrogen-bond donors (Lipinski definition) is 4. The second-order valence-electron chi connectivity index (χ2n) is 13.9. The standard InChI is InChI=1S/C34H37Cl2F9N6O3/c1-31(54,34(43,44)45)29(53)47-16-18-5-8-22(35)27(26(18)36)49-30-48-23-13-21(28(52)46-15-17-3-6-19(7-4-17)32(37,38)39)24(14-25(23)50(30)2)51-11-9-20(10-12-51)33(40,41)42/h5,8,13-14,17,19-20,54H,3-4,6-7,9-12,15-16H2,1-2H3,(H,46,52)(H,47,53)(H,48,49)/t17?,19?,31-/m0/s1. The van der Waals surface area contributed by atoms with Crippen LogP contribution < -0.4 is 20.9 Å². The van der Waals surface area contributed by atoms with E-state index in [1.54, 1.807) is 22.6 Å². The predicted molar refractivity (Wildman–Crippen MR) is 184 cm³/mol. The van der Waals surface area contributed by atoms with Gasteiger partial charge in [-0.25, -0.2) is 4.98 Å². The fourth-order valence-electron chi connectivity index (χ4n) is 6.69. The van der Waals surface area contributed by atoms with Crippen LogP contribution in [0.1, 0.15) is 61.4 Å². The Morgan fingerprint density at radius 3 is 2.06 bits per heavy atom. The van der Waals surface area contributed by atoms with Gasteiger partial charge in [-0.05, 0) is 75.1 Å². The fourth-order valence-corrected chi connectivity index (χ4v) is 7.22. The van der Waals surface area contributed by atoms with Crippen LogP contribution in [-0.4, -0.2) is 70.2 Å². The molecule has 2 amide bonds. The van der Waals surface area contributed by atoms with Crippen molar-refractivity contribution in [1.82, 2.24) is 20.2 Å². The molecule has 1 saturated heterocycles. The van der Waals surface area contributed by atoms with Crippen molar-refractivity contribution in [3.63, 3.8) is 0 Å². The molecule has 4 N–H and O–H groups in total. The number of aliphatic hydroxyl groups is 1. The van der Waals surface area contributed by atoms with Crippen molar-refractivity contribution in [2.75, 3.05) is 29.9 Å². The molecule has 2 aromatic carbocycles.